The van der Waals surface area contributed by atoms with Gasteiger partial charge in [-0.2, -0.15) is 0 Å². The quantitative estimate of drug-likeness (QED) is 0.776. The molecule has 2 atom stereocenters. The largest absolute Gasteiger partial charge is 0.497 e. The highest BCUT2D eigenvalue weighted by atomic mass is 16.5. The monoisotopic (exact) mass is 209 g/mol. The Hall–Kier alpha value is -1.06. The van der Waals surface area contributed by atoms with E-state index in [1.165, 1.54) is 5.56 Å². The van der Waals surface area contributed by atoms with Crippen molar-refractivity contribution in [1.82, 2.24) is 5.32 Å². The Morgan fingerprint density at radius 1 is 1.27 bits per heavy atom. The van der Waals surface area contributed by atoms with Crippen LogP contribution in [0.4, 0.5) is 0 Å². The van der Waals surface area contributed by atoms with Crippen molar-refractivity contribution >= 4 is 0 Å². The fourth-order valence-electron chi connectivity index (χ4n) is 1.36. The summed E-state index contributed by atoms with van der Waals surface area (Å²) < 4.78 is 5.09. The molecule has 0 fully saturated rings. The Morgan fingerprint density at radius 3 is 2.33 bits per heavy atom. The maximum Gasteiger partial charge on any atom is 0.118 e. The normalized spacial score (nSPS) is 14.7. The first-order valence-electron chi connectivity index (χ1n) is 5.19. The molecule has 0 aliphatic carbocycles. The van der Waals surface area contributed by atoms with E-state index < -0.39 is 0 Å². The molecule has 3 heteroatoms. The summed E-state index contributed by atoms with van der Waals surface area (Å²) >= 11 is 0. The van der Waals surface area contributed by atoms with Crippen LogP contribution in [0, 0.1) is 0 Å². The number of hydrogen-bond donors (Lipinski definition) is 2. The predicted molar refractivity (Wildman–Crippen MR) is 61.1 cm³/mol. The van der Waals surface area contributed by atoms with Gasteiger partial charge in [0.25, 0.3) is 0 Å². The van der Waals surface area contributed by atoms with Gasteiger partial charge in [0.2, 0.25) is 0 Å². The average molecular weight is 209 g/mol. The van der Waals surface area contributed by atoms with Gasteiger partial charge in [0.1, 0.15) is 5.75 Å². The molecule has 0 heterocycles. The Bertz CT molecular complexity index is 282. The van der Waals surface area contributed by atoms with Crippen LogP contribution in [0.3, 0.4) is 0 Å². The summed E-state index contributed by atoms with van der Waals surface area (Å²) in [4.78, 5) is 0. The number of benzene rings is 1. The van der Waals surface area contributed by atoms with Crippen molar-refractivity contribution in [2.45, 2.75) is 26.0 Å². The molecule has 84 valence electrons. The minimum absolute atomic E-state index is 0.241. The van der Waals surface area contributed by atoms with Crippen molar-refractivity contribution in [2.75, 3.05) is 13.7 Å². The van der Waals surface area contributed by atoms with Crippen molar-refractivity contribution in [3.05, 3.63) is 29.8 Å². The van der Waals surface area contributed by atoms with Gasteiger partial charge in [-0.25, -0.2) is 0 Å². The van der Waals surface area contributed by atoms with Crippen molar-refractivity contribution in [3.63, 3.8) is 0 Å². The second-order valence-corrected chi connectivity index (χ2v) is 3.75. The van der Waals surface area contributed by atoms with Crippen LogP contribution < -0.4 is 10.1 Å². The first-order valence-corrected chi connectivity index (χ1v) is 5.19. The summed E-state index contributed by atoms with van der Waals surface area (Å²) in [5, 5.41) is 12.4. The number of methoxy groups -OCH3 is 1. The number of aliphatic hydroxyl groups is 1. The van der Waals surface area contributed by atoms with E-state index in [0.717, 1.165) is 5.75 Å². The molecule has 1 aromatic carbocycles. The highest BCUT2D eigenvalue weighted by molar-refractivity contribution is 5.28. The lowest BCUT2D eigenvalue weighted by atomic mass is 10.1. The molecule has 0 amide bonds. The molecular weight excluding hydrogens is 190 g/mol. The van der Waals surface area contributed by atoms with Crippen LogP contribution in [-0.2, 0) is 0 Å². The minimum Gasteiger partial charge on any atom is -0.497 e. The molecule has 0 saturated heterocycles. The van der Waals surface area contributed by atoms with Crippen molar-refractivity contribution in [2.24, 2.45) is 0 Å². The second kappa shape index (κ2) is 5.73. The third-order valence-electron chi connectivity index (χ3n) is 2.34. The topological polar surface area (TPSA) is 41.5 Å². The highest BCUT2D eigenvalue weighted by Gasteiger charge is 2.05. The van der Waals surface area contributed by atoms with Crippen molar-refractivity contribution in [1.29, 1.82) is 0 Å². The molecule has 15 heavy (non-hydrogen) atoms. The molecule has 0 bridgehead atoms. The van der Waals surface area contributed by atoms with Gasteiger partial charge in [0.15, 0.2) is 0 Å². The molecular formula is C12H19NO2. The lowest BCUT2D eigenvalue weighted by molar-refractivity contribution is 0.187. The van der Waals surface area contributed by atoms with Gasteiger partial charge < -0.3 is 15.2 Å². The van der Waals surface area contributed by atoms with Crippen LogP contribution in [-0.4, -0.2) is 24.9 Å². The number of nitrogens with one attached hydrogen (secondary N) is 1. The van der Waals surface area contributed by atoms with Gasteiger partial charge in [-0.1, -0.05) is 12.1 Å². The number of aliphatic hydroxyl groups excluding tert-OH is 1. The summed E-state index contributed by atoms with van der Waals surface area (Å²) in [5.41, 5.74) is 1.19. The highest BCUT2D eigenvalue weighted by Crippen LogP contribution is 2.16. The summed E-state index contributed by atoms with van der Waals surface area (Å²) in [7, 11) is 1.66. The molecule has 0 radical (unpaired) electrons. The standard InChI is InChI=1S/C12H19NO2/c1-9(14)8-13-10(2)11-4-6-12(15-3)7-5-11/h4-7,9-10,13-14H,8H2,1-3H3/t9-,10+/m1/s1. The molecule has 2 N–H and O–H groups in total. The summed E-state index contributed by atoms with van der Waals surface area (Å²) in [6, 6.07) is 8.17. The average Bonchev–Trinajstić information content (AvgIpc) is 2.26. The summed E-state index contributed by atoms with van der Waals surface area (Å²) in [6.07, 6.45) is -0.314. The summed E-state index contributed by atoms with van der Waals surface area (Å²) in [5.74, 6) is 0.862. The first-order chi connectivity index (χ1) is 7.13. The lowest BCUT2D eigenvalue weighted by Crippen LogP contribution is -2.27. The Morgan fingerprint density at radius 2 is 1.87 bits per heavy atom. The maximum absolute atomic E-state index is 9.15. The molecule has 0 spiro atoms. The molecule has 0 aliphatic heterocycles. The Kier molecular flexibility index (Phi) is 4.59. The fourth-order valence-corrected chi connectivity index (χ4v) is 1.36. The SMILES string of the molecule is COc1ccc([C@H](C)NC[C@@H](C)O)cc1. The van der Waals surface area contributed by atoms with E-state index in [0.29, 0.717) is 6.54 Å². The van der Waals surface area contributed by atoms with E-state index in [4.69, 9.17) is 9.84 Å². The number of rotatable bonds is 5. The van der Waals surface area contributed by atoms with E-state index >= 15 is 0 Å². The van der Waals surface area contributed by atoms with Crippen LogP contribution in [0.1, 0.15) is 25.5 Å². The second-order valence-electron chi connectivity index (χ2n) is 3.75. The van der Waals surface area contributed by atoms with E-state index in [1.54, 1.807) is 14.0 Å². The number of ether oxygens (including phenoxy) is 1. The zero-order chi connectivity index (χ0) is 11.3. The van der Waals surface area contributed by atoms with E-state index in [-0.39, 0.29) is 12.1 Å². The molecule has 0 aliphatic rings. The van der Waals surface area contributed by atoms with E-state index in [2.05, 4.69) is 12.2 Å². The van der Waals surface area contributed by atoms with Gasteiger partial charge >= 0.3 is 0 Å². The van der Waals surface area contributed by atoms with E-state index in [9.17, 15) is 0 Å². The molecule has 1 rings (SSSR count). The maximum atomic E-state index is 9.15. The molecule has 0 aromatic heterocycles. The lowest BCUT2D eigenvalue weighted by Gasteiger charge is -2.15. The van der Waals surface area contributed by atoms with Gasteiger partial charge in [-0.3, -0.25) is 0 Å². The number of hydrogen-bond acceptors (Lipinski definition) is 3. The Labute approximate surface area is 91.1 Å². The zero-order valence-electron chi connectivity index (χ0n) is 9.53. The van der Waals surface area contributed by atoms with Gasteiger partial charge in [-0.15, -0.1) is 0 Å². The zero-order valence-corrected chi connectivity index (χ0v) is 9.53. The molecule has 1 aromatic rings. The molecule has 0 unspecified atom stereocenters. The smallest absolute Gasteiger partial charge is 0.118 e. The first kappa shape index (κ1) is 12.0. The van der Waals surface area contributed by atoms with Crippen molar-refractivity contribution < 1.29 is 9.84 Å². The van der Waals surface area contributed by atoms with Crippen LogP contribution in [0.15, 0.2) is 24.3 Å². The van der Waals surface area contributed by atoms with Gasteiger partial charge in [0, 0.05) is 12.6 Å². The third kappa shape index (κ3) is 3.90. The Balaban J connectivity index is 2.54. The predicted octanol–water partition coefficient (Wildman–Crippen LogP) is 1.73. The van der Waals surface area contributed by atoms with Crippen LogP contribution in [0.5, 0.6) is 5.75 Å². The van der Waals surface area contributed by atoms with Gasteiger partial charge in [0.05, 0.1) is 13.2 Å². The molecule has 3 nitrogen and oxygen atoms in total. The third-order valence-corrected chi connectivity index (χ3v) is 2.34. The van der Waals surface area contributed by atoms with Crippen molar-refractivity contribution in [3.8, 4) is 5.75 Å². The van der Waals surface area contributed by atoms with E-state index in [1.807, 2.05) is 24.3 Å². The van der Waals surface area contributed by atoms with Crippen LogP contribution in [0.2, 0.25) is 0 Å². The van der Waals surface area contributed by atoms with Crippen LogP contribution in [0.25, 0.3) is 0 Å². The van der Waals surface area contributed by atoms with Gasteiger partial charge in [-0.05, 0) is 31.5 Å². The summed E-state index contributed by atoms with van der Waals surface area (Å²) in [6.45, 7) is 4.45. The van der Waals surface area contributed by atoms with Crippen LogP contribution >= 0.6 is 0 Å². The molecule has 0 saturated carbocycles. The minimum atomic E-state index is -0.314. The fraction of sp³-hybridized carbons (Fsp3) is 0.500.